The smallest absolute Gasteiger partial charge is 0.305 e. The van der Waals surface area contributed by atoms with Gasteiger partial charge < -0.3 is 27.9 Å². The molecule has 0 aromatic rings. The molecule has 0 bridgehead atoms. The Balaban J connectivity index is 3.92. The summed E-state index contributed by atoms with van der Waals surface area (Å²) in [6.07, 6.45) is 1.14. The van der Waals surface area contributed by atoms with Gasteiger partial charge in [-0.2, -0.15) is 0 Å². The Hall–Kier alpha value is -0.0662. The summed E-state index contributed by atoms with van der Waals surface area (Å²) >= 11 is 0. The van der Waals surface area contributed by atoms with Gasteiger partial charge in [0.2, 0.25) is 0 Å². The van der Waals surface area contributed by atoms with Crippen LogP contribution in [0.15, 0.2) is 0 Å². The third kappa shape index (κ3) is 16.6. The van der Waals surface area contributed by atoms with Gasteiger partial charge in [-0.25, -0.2) is 0 Å². The summed E-state index contributed by atoms with van der Waals surface area (Å²) in [5.74, 6) is -0.424. The molecule has 0 radical (unpaired) electrons. The van der Waals surface area contributed by atoms with Crippen LogP contribution in [0.25, 0.3) is 0 Å². The Morgan fingerprint density at radius 2 is 1.74 bits per heavy atom. The Morgan fingerprint density at radius 1 is 1.11 bits per heavy atom. The van der Waals surface area contributed by atoms with Crippen LogP contribution in [-0.4, -0.2) is 53.6 Å². The van der Waals surface area contributed by atoms with Crippen LogP contribution in [-0.2, 0) is 27.3 Å². The molecule has 0 saturated heterocycles. The molecule has 0 aliphatic rings. The molecule has 2 atom stereocenters. The van der Waals surface area contributed by atoms with Crippen molar-refractivity contribution >= 4 is 30.4 Å². The summed E-state index contributed by atoms with van der Waals surface area (Å²) in [6.45, 7) is 11.9. The highest BCUT2D eigenvalue weighted by molar-refractivity contribution is 7.45. The van der Waals surface area contributed by atoms with Gasteiger partial charge in [0.15, 0.2) is 16.6 Å². The standard InChI is InChI=1S/C16H37O8PSi2/c1-7-11-22-25(19,20)23-14-15(17)13-21-16(18)10-8-9-12-27(5,6)24-26(2,3)4/h15,17H,7-14H2,1-6H3,(H,19,20)/p-1. The minimum Gasteiger partial charge on any atom is -0.756 e. The predicted molar refractivity (Wildman–Crippen MR) is 107 cm³/mol. The molecular formula is C16H36O8PSi2-. The SMILES string of the molecule is CCCOP(=O)([O-])OCC(O)COC(=O)CCCC[Si](C)(C)O[Si](C)(C)C. The Labute approximate surface area is 165 Å². The zero-order valence-corrected chi connectivity index (χ0v) is 20.4. The second-order valence-electron chi connectivity index (χ2n) is 8.09. The third-order valence-electron chi connectivity index (χ3n) is 3.31. The summed E-state index contributed by atoms with van der Waals surface area (Å²) < 4.78 is 31.6. The first kappa shape index (κ1) is 26.9. The Morgan fingerprint density at radius 3 is 2.30 bits per heavy atom. The van der Waals surface area contributed by atoms with E-state index in [0.717, 1.165) is 12.5 Å². The highest BCUT2D eigenvalue weighted by Crippen LogP contribution is 2.38. The quantitative estimate of drug-likeness (QED) is 0.178. The number of aliphatic hydroxyl groups is 1. The van der Waals surface area contributed by atoms with Crippen LogP contribution < -0.4 is 4.89 Å². The average molecular weight is 444 g/mol. The van der Waals surface area contributed by atoms with Crippen LogP contribution in [0.3, 0.4) is 0 Å². The van der Waals surface area contributed by atoms with Crippen molar-refractivity contribution < 1.29 is 37.3 Å². The van der Waals surface area contributed by atoms with Gasteiger partial charge in [-0.1, -0.05) is 13.3 Å². The summed E-state index contributed by atoms with van der Waals surface area (Å²) in [6, 6.07) is 0.984. The number of hydrogen-bond acceptors (Lipinski definition) is 8. The maximum absolute atomic E-state index is 11.7. The van der Waals surface area contributed by atoms with Gasteiger partial charge in [-0.3, -0.25) is 9.36 Å². The molecule has 0 heterocycles. The van der Waals surface area contributed by atoms with Crippen LogP contribution in [0.1, 0.15) is 32.6 Å². The minimum absolute atomic E-state index is 0.0223. The first-order valence-electron chi connectivity index (χ1n) is 9.40. The molecule has 0 aromatic heterocycles. The molecule has 162 valence electrons. The van der Waals surface area contributed by atoms with Gasteiger partial charge >= 0.3 is 5.97 Å². The third-order valence-corrected chi connectivity index (χ3v) is 10.5. The van der Waals surface area contributed by atoms with E-state index in [1.165, 1.54) is 0 Å². The fourth-order valence-corrected chi connectivity index (χ4v) is 11.4. The van der Waals surface area contributed by atoms with Gasteiger partial charge in [0.25, 0.3) is 7.82 Å². The minimum atomic E-state index is -4.42. The maximum atomic E-state index is 11.7. The molecule has 0 aromatic carbocycles. The lowest BCUT2D eigenvalue weighted by Crippen LogP contribution is -2.42. The van der Waals surface area contributed by atoms with E-state index in [1.807, 2.05) is 0 Å². The fourth-order valence-electron chi connectivity index (χ4n) is 2.43. The fraction of sp³-hybridized carbons (Fsp3) is 0.938. The zero-order chi connectivity index (χ0) is 21.1. The van der Waals surface area contributed by atoms with Gasteiger partial charge in [-0.05, 0) is 51.6 Å². The van der Waals surface area contributed by atoms with E-state index in [2.05, 4.69) is 41.8 Å². The molecule has 1 N–H and O–H groups in total. The van der Waals surface area contributed by atoms with Gasteiger partial charge in [-0.15, -0.1) is 0 Å². The van der Waals surface area contributed by atoms with Crippen LogP contribution in [0.5, 0.6) is 0 Å². The molecule has 0 rings (SSSR count). The largest absolute Gasteiger partial charge is 0.756 e. The van der Waals surface area contributed by atoms with E-state index in [9.17, 15) is 19.4 Å². The number of carbonyl (C=O) groups is 1. The van der Waals surface area contributed by atoms with E-state index in [0.29, 0.717) is 12.8 Å². The molecule has 27 heavy (non-hydrogen) atoms. The number of ether oxygens (including phenoxy) is 1. The molecule has 0 fully saturated rings. The lowest BCUT2D eigenvalue weighted by atomic mass is 10.2. The van der Waals surface area contributed by atoms with E-state index in [-0.39, 0.29) is 19.6 Å². The second-order valence-corrected chi connectivity index (χ2v) is 18.6. The Kier molecular flexibility index (Phi) is 12.5. The molecule has 0 aliphatic heterocycles. The average Bonchev–Trinajstić information content (AvgIpc) is 2.51. The lowest BCUT2D eigenvalue weighted by Gasteiger charge is -2.31. The van der Waals surface area contributed by atoms with E-state index in [4.69, 9.17) is 8.85 Å². The number of carbonyl (C=O) groups excluding carboxylic acids is 1. The molecular weight excluding hydrogens is 407 g/mol. The maximum Gasteiger partial charge on any atom is 0.305 e. The van der Waals surface area contributed by atoms with Crippen molar-refractivity contribution in [2.75, 3.05) is 19.8 Å². The molecule has 0 saturated carbocycles. The monoisotopic (exact) mass is 443 g/mol. The summed E-state index contributed by atoms with van der Waals surface area (Å²) in [7, 11) is -7.67. The molecule has 8 nitrogen and oxygen atoms in total. The number of phosphoric acid groups is 1. The number of hydrogen-bond donors (Lipinski definition) is 1. The van der Waals surface area contributed by atoms with Crippen LogP contribution >= 0.6 is 7.82 Å². The first-order valence-corrected chi connectivity index (χ1v) is 17.4. The van der Waals surface area contributed by atoms with Crippen LogP contribution in [0.4, 0.5) is 0 Å². The van der Waals surface area contributed by atoms with Gasteiger partial charge in [0.05, 0.1) is 13.2 Å². The number of phosphoric ester groups is 1. The number of aliphatic hydroxyl groups excluding tert-OH is 1. The van der Waals surface area contributed by atoms with E-state index < -0.39 is 43.1 Å². The predicted octanol–water partition coefficient (Wildman–Crippen LogP) is 3.03. The van der Waals surface area contributed by atoms with E-state index >= 15 is 0 Å². The van der Waals surface area contributed by atoms with Crippen molar-refractivity contribution in [2.24, 2.45) is 0 Å². The molecule has 0 aliphatic carbocycles. The summed E-state index contributed by atoms with van der Waals surface area (Å²) in [5, 5.41) is 9.65. The van der Waals surface area contributed by atoms with Gasteiger partial charge in [0, 0.05) is 6.42 Å². The van der Waals surface area contributed by atoms with Crippen molar-refractivity contribution in [3.8, 4) is 0 Å². The number of esters is 1. The Bertz CT molecular complexity index is 482. The van der Waals surface area contributed by atoms with Crippen molar-refractivity contribution in [3.63, 3.8) is 0 Å². The summed E-state index contributed by atoms with van der Waals surface area (Å²) in [5.41, 5.74) is 0. The first-order chi connectivity index (χ1) is 12.3. The van der Waals surface area contributed by atoms with Crippen molar-refractivity contribution in [1.82, 2.24) is 0 Å². The molecule has 2 unspecified atom stereocenters. The molecule has 0 spiro atoms. The summed E-state index contributed by atoms with van der Waals surface area (Å²) in [4.78, 5) is 23.0. The van der Waals surface area contributed by atoms with Crippen LogP contribution in [0.2, 0.25) is 38.8 Å². The van der Waals surface area contributed by atoms with Crippen LogP contribution in [0, 0.1) is 0 Å². The number of unbranched alkanes of at least 4 members (excludes halogenated alkanes) is 1. The van der Waals surface area contributed by atoms with Crippen molar-refractivity contribution in [1.29, 1.82) is 0 Å². The molecule has 0 amide bonds. The highest BCUT2D eigenvalue weighted by atomic mass is 31.2. The highest BCUT2D eigenvalue weighted by Gasteiger charge is 2.28. The zero-order valence-electron chi connectivity index (χ0n) is 17.5. The molecule has 11 heteroatoms. The topological polar surface area (TPSA) is 114 Å². The normalized spacial score (nSPS) is 16.0. The van der Waals surface area contributed by atoms with Crippen molar-refractivity contribution in [3.05, 3.63) is 0 Å². The van der Waals surface area contributed by atoms with E-state index in [1.54, 1.807) is 6.92 Å². The van der Waals surface area contributed by atoms with Crippen molar-refractivity contribution in [2.45, 2.75) is 77.5 Å². The number of rotatable bonds is 15. The van der Waals surface area contributed by atoms with Gasteiger partial charge in [0.1, 0.15) is 12.7 Å². The lowest BCUT2D eigenvalue weighted by molar-refractivity contribution is -0.227. The second kappa shape index (κ2) is 12.5.